The molecule has 3 heteroatoms. The lowest BCUT2D eigenvalue weighted by Gasteiger charge is -2.36. The molecule has 0 bridgehead atoms. The first kappa shape index (κ1) is 13.5. The van der Waals surface area contributed by atoms with Crippen molar-refractivity contribution in [3.05, 3.63) is 0 Å². The first-order chi connectivity index (χ1) is 7.83. The van der Waals surface area contributed by atoms with Gasteiger partial charge in [-0.05, 0) is 26.3 Å². The Hall–Kier alpha value is -0.590. The molecule has 0 heterocycles. The lowest BCUT2D eigenvalue weighted by Crippen LogP contribution is -2.43. The zero-order chi connectivity index (χ0) is 11.8. The van der Waals surface area contributed by atoms with E-state index in [2.05, 4.69) is 17.9 Å². The highest BCUT2D eigenvalue weighted by Gasteiger charge is 2.28. The fraction of sp³-hybridized carbons (Fsp3) is 0.923. The molecule has 16 heavy (non-hydrogen) atoms. The normalized spacial score (nSPS) is 25.6. The van der Waals surface area contributed by atoms with Crippen LogP contribution in [-0.2, 0) is 4.74 Å². The van der Waals surface area contributed by atoms with Crippen molar-refractivity contribution in [1.82, 2.24) is 4.90 Å². The highest BCUT2D eigenvalue weighted by atomic mass is 16.5. The SMILES string of the molecule is CCOCCN(CC)C1CCCCC1C#N. The van der Waals surface area contributed by atoms with Crippen molar-refractivity contribution in [2.75, 3.05) is 26.3 Å². The quantitative estimate of drug-likeness (QED) is 0.650. The first-order valence-electron chi connectivity index (χ1n) is 6.54. The van der Waals surface area contributed by atoms with Crippen molar-refractivity contribution in [2.24, 2.45) is 5.92 Å². The summed E-state index contributed by atoms with van der Waals surface area (Å²) in [6.07, 6.45) is 4.75. The first-order valence-corrected chi connectivity index (χ1v) is 6.54. The topological polar surface area (TPSA) is 36.3 Å². The molecule has 1 saturated carbocycles. The number of likely N-dealkylation sites (N-methyl/N-ethyl adjacent to an activating group) is 1. The second-order valence-corrected chi connectivity index (χ2v) is 4.41. The highest BCUT2D eigenvalue weighted by molar-refractivity contribution is 4.95. The zero-order valence-corrected chi connectivity index (χ0v) is 10.6. The number of hydrogen-bond donors (Lipinski definition) is 0. The smallest absolute Gasteiger partial charge is 0.0672 e. The molecule has 92 valence electrons. The van der Waals surface area contributed by atoms with Gasteiger partial charge in [0.15, 0.2) is 0 Å². The fourth-order valence-corrected chi connectivity index (χ4v) is 2.58. The van der Waals surface area contributed by atoms with Gasteiger partial charge in [0.25, 0.3) is 0 Å². The van der Waals surface area contributed by atoms with Crippen LogP contribution >= 0.6 is 0 Å². The van der Waals surface area contributed by atoms with Crippen LogP contribution in [0.15, 0.2) is 0 Å². The monoisotopic (exact) mass is 224 g/mol. The van der Waals surface area contributed by atoms with Gasteiger partial charge in [0.2, 0.25) is 0 Å². The standard InChI is InChI=1S/C13H24N2O/c1-3-15(9-10-16-4-2)13-8-6-5-7-12(13)11-14/h12-13H,3-10H2,1-2H3. The van der Waals surface area contributed by atoms with Crippen LogP contribution in [0.2, 0.25) is 0 Å². The Balaban J connectivity index is 2.45. The summed E-state index contributed by atoms with van der Waals surface area (Å²) in [5.74, 6) is 0.232. The van der Waals surface area contributed by atoms with E-state index in [1.807, 2.05) is 6.92 Å². The Morgan fingerprint density at radius 2 is 2.06 bits per heavy atom. The fourth-order valence-electron chi connectivity index (χ4n) is 2.58. The molecule has 0 aromatic rings. The van der Waals surface area contributed by atoms with Gasteiger partial charge in [-0.2, -0.15) is 5.26 Å². The van der Waals surface area contributed by atoms with Gasteiger partial charge in [-0.1, -0.05) is 19.8 Å². The second-order valence-electron chi connectivity index (χ2n) is 4.41. The van der Waals surface area contributed by atoms with E-state index < -0.39 is 0 Å². The van der Waals surface area contributed by atoms with Crippen LogP contribution in [0.1, 0.15) is 39.5 Å². The summed E-state index contributed by atoms with van der Waals surface area (Å²) in [5, 5.41) is 9.17. The molecule has 0 aromatic carbocycles. The summed E-state index contributed by atoms with van der Waals surface area (Å²) in [6.45, 7) is 7.76. The van der Waals surface area contributed by atoms with E-state index >= 15 is 0 Å². The molecule has 0 N–H and O–H groups in total. The molecule has 2 unspecified atom stereocenters. The minimum atomic E-state index is 0.232. The summed E-state index contributed by atoms with van der Waals surface area (Å²) in [6, 6.07) is 2.94. The minimum absolute atomic E-state index is 0.232. The highest BCUT2D eigenvalue weighted by Crippen LogP contribution is 2.27. The number of nitriles is 1. The van der Waals surface area contributed by atoms with Crippen molar-refractivity contribution in [3.8, 4) is 6.07 Å². The summed E-state index contributed by atoms with van der Waals surface area (Å²) >= 11 is 0. The maximum atomic E-state index is 9.17. The van der Waals surface area contributed by atoms with Gasteiger partial charge >= 0.3 is 0 Å². The van der Waals surface area contributed by atoms with E-state index in [4.69, 9.17) is 10.00 Å². The molecule has 0 amide bonds. The predicted molar refractivity (Wildman–Crippen MR) is 65.1 cm³/mol. The molecule has 0 aromatic heterocycles. The van der Waals surface area contributed by atoms with Gasteiger partial charge in [-0.15, -0.1) is 0 Å². The third-order valence-corrected chi connectivity index (χ3v) is 3.50. The maximum Gasteiger partial charge on any atom is 0.0672 e. The van der Waals surface area contributed by atoms with E-state index in [1.54, 1.807) is 0 Å². The minimum Gasteiger partial charge on any atom is -0.380 e. The molecule has 3 nitrogen and oxygen atoms in total. The van der Waals surface area contributed by atoms with Gasteiger partial charge in [0.05, 0.1) is 18.6 Å². The van der Waals surface area contributed by atoms with Crippen molar-refractivity contribution in [2.45, 2.75) is 45.6 Å². The van der Waals surface area contributed by atoms with E-state index in [0.717, 1.165) is 32.7 Å². The maximum absolute atomic E-state index is 9.17. The molecule has 0 aliphatic heterocycles. The molecule has 0 spiro atoms. The summed E-state index contributed by atoms with van der Waals surface area (Å²) in [7, 11) is 0. The molecule has 0 radical (unpaired) electrons. The Bertz CT molecular complexity index is 224. The number of rotatable bonds is 6. The van der Waals surface area contributed by atoms with Crippen LogP contribution in [0.4, 0.5) is 0 Å². The Labute approximate surface area is 99.4 Å². The van der Waals surface area contributed by atoms with Crippen molar-refractivity contribution >= 4 is 0 Å². The largest absolute Gasteiger partial charge is 0.380 e. The van der Waals surface area contributed by atoms with Crippen molar-refractivity contribution in [1.29, 1.82) is 5.26 Å². The van der Waals surface area contributed by atoms with Crippen LogP contribution < -0.4 is 0 Å². The average Bonchev–Trinajstić information content (AvgIpc) is 2.35. The van der Waals surface area contributed by atoms with E-state index in [1.165, 1.54) is 19.3 Å². The third-order valence-electron chi connectivity index (χ3n) is 3.50. The van der Waals surface area contributed by atoms with Crippen LogP contribution in [0, 0.1) is 17.2 Å². The molecule has 0 saturated heterocycles. The van der Waals surface area contributed by atoms with Gasteiger partial charge in [0, 0.05) is 19.2 Å². The summed E-state index contributed by atoms with van der Waals surface area (Å²) in [4.78, 5) is 2.42. The third kappa shape index (κ3) is 3.77. The number of hydrogen-bond acceptors (Lipinski definition) is 3. The number of ether oxygens (including phenoxy) is 1. The zero-order valence-electron chi connectivity index (χ0n) is 10.6. The molecule has 1 fully saturated rings. The molecule has 2 atom stereocenters. The van der Waals surface area contributed by atoms with Crippen molar-refractivity contribution in [3.63, 3.8) is 0 Å². The van der Waals surface area contributed by atoms with Gasteiger partial charge in [-0.3, -0.25) is 4.90 Å². The van der Waals surface area contributed by atoms with Crippen LogP contribution in [0.25, 0.3) is 0 Å². The molecule has 1 aliphatic rings. The van der Waals surface area contributed by atoms with Crippen LogP contribution in [0.5, 0.6) is 0 Å². The average molecular weight is 224 g/mol. The Morgan fingerprint density at radius 3 is 2.69 bits per heavy atom. The predicted octanol–water partition coefficient (Wildman–Crippen LogP) is 2.43. The Morgan fingerprint density at radius 1 is 1.31 bits per heavy atom. The lowest BCUT2D eigenvalue weighted by molar-refractivity contribution is 0.0737. The second kappa shape index (κ2) is 7.65. The van der Waals surface area contributed by atoms with Gasteiger partial charge in [-0.25, -0.2) is 0 Å². The Kier molecular flexibility index (Phi) is 6.44. The van der Waals surface area contributed by atoms with E-state index in [0.29, 0.717) is 6.04 Å². The summed E-state index contributed by atoms with van der Waals surface area (Å²) < 4.78 is 5.40. The summed E-state index contributed by atoms with van der Waals surface area (Å²) in [5.41, 5.74) is 0. The molecule has 1 rings (SSSR count). The van der Waals surface area contributed by atoms with Gasteiger partial charge in [0.1, 0.15) is 0 Å². The molecule has 1 aliphatic carbocycles. The molecular formula is C13H24N2O. The molecular weight excluding hydrogens is 200 g/mol. The number of nitrogens with zero attached hydrogens (tertiary/aromatic N) is 2. The van der Waals surface area contributed by atoms with Crippen LogP contribution in [-0.4, -0.2) is 37.2 Å². The van der Waals surface area contributed by atoms with E-state index in [-0.39, 0.29) is 5.92 Å². The van der Waals surface area contributed by atoms with Gasteiger partial charge < -0.3 is 4.74 Å². The van der Waals surface area contributed by atoms with E-state index in [9.17, 15) is 0 Å². The van der Waals surface area contributed by atoms with Crippen LogP contribution in [0.3, 0.4) is 0 Å². The van der Waals surface area contributed by atoms with Crippen molar-refractivity contribution < 1.29 is 4.74 Å². The lowest BCUT2D eigenvalue weighted by atomic mass is 9.84.